The smallest absolute Gasteiger partial charge is 0.127 e. The van der Waals surface area contributed by atoms with E-state index in [0.717, 1.165) is 12.4 Å². The molecule has 16 heavy (non-hydrogen) atoms. The molecule has 1 radical (unpaired) electrons. The van der Waals surface area contributed by atoms with E-state index >= 15 is 0 Å². The van der Waals surface area contributed by atoms with Gasteiger partial charge in [-0.25, -0.2) is 0 Å². The second-order valence-electron chi connectivity index (χ2n) is 4.28. The minimum absolute atomic E-state index is 0.182. The average molecular weight is 229 g/mol. The van der Waals surface area contributed by atoms with E-state index in [2.05, 4.69) is 55.6 Å². The van der Waals surface area contributed by atoms with Gasteiger partial charge in [-0.3, -0.25) is 0 Å². The van der Waals surface area contributed by atoms with Crippen LogP contribution in [0.25, 0.3) is 10.8 Å². The number of hydrogen-bond acceptors (Lipinski definition) is 1. The molecule has 0 unspecified atom stereocenters. The molecule has 0 aromatic heterocycles. The molecule has 2 heteroatoms. The highest BCUT2D eigenvalue weighted by Gasteiger charge is 2.01. The van der Waals surface area contributed by atoms with Crippen LogP contribution in [-0.2, 0) is 0 Å². The standard InChI is InChI=1S/C14H17OSi/c1-16(2)11-10-15-14-9-5-7-12-6-3-4-8-13(12)14/h3-9H,10-11H2,1-2H3. The maximum absolute atomic E-state index is 5.86. The molecular weight excluding hydrogens is 212 g/mol. The van der Waals surface area contributed by atoms with Crippen molar-refractivity contribution in [2.45, 2.75) is 19.1 Å². The summed E-state index contributed by atoms with van der Waals surface area (Å²) in [6, 6.07) is 15.8. The highest BCUT2D eigenvalue weighted by Crippen LogP contribution is 2.25. The lowest BCUT2D eigenvalue weighted by atomic mass is 10.1. The zero-order chi connectivity index (χ0) is 11.4. The van der Waals surface area contributed by atoms with Crippen LogP contribution in [0.15, 0.2) is 42.5 Å². The molecule has 2 aromatic rings. The number of hydrogen-bond donors (Lipinski definition) is 0. The van der Waals surface area contributed by atoms with E-state index in [0.29, 0.717) is 0 Å². The number of ether oxygens (including phenoxy) is 1. The molecule has 1 nitrogen and oxygen atoms in total. The molecular formula is C14H17OSi. The Bertz CT molecular complexity index is 460. The lowest BCUT2D eigenvalue weighted by Gasteiger charge is -2.09. The Balaban J connectivity index is 2.17. The van der Waals surface area contributed by atoms with E-state index in [4.69, 9.17) is 4.74 Å². The van der Waals surface area contributed by atoms with Gasteiger partial charge in [0.1, 0.15) is 5.75 Å². The Morgan fingerprint density at radius 2 is 1.75 bits per heavy atom. The highest BCUT2D eigenvalue weighted by atomic mass is 28.3. The molecule has 2 aromatic carbocycles. The van der Waals surface area contributed by atoms with Gasteiger partial charge in [0.15, 0.2) is 0 Å². The summed E-state index contributed by atoms with van der Waals surface area (Å²) in [5, 5.41) is 2.46. The summed E-state index contributed by atoms with van der Waals surface area (Å²) in [6.07, 6.45) is 0. The van der Waals surface area contributed by atoms with E-state index in [1.165, 1.54) is 16.8 Å². The highest BCUT2D eigenvalue weighted by molar-refractivity contribution is 6.55. The topological polar surface area (TPSA) is 9.23 Å². The molecule has 0 spiro atoms. The summed E-state index contributed by atoms with van der Waals surface area (Å²) in [6.45, 7) is 5.48. The molecule has 0 amide bonds. The summed E-state index contributed by atoms with van der Waals surface area (Å²) in [5.41, 5.74) is 0. The Kier molecular flexibility index (Phi) is 3.62. The Hall–Kier alpha value is -1.28. The summed E-state index contributed by atoms with van der Waals surface area (Å²) in [7, 11) is -0.182. The van der Waals surface area contributed by atoms with Crippen molar-refractivity contribution in [2.24, 2.45) is 0 Å². The van der Waals surface area contributed by atoms with Crippen LogP contribution in [0, 0.1) is 0 Å². The first-order valence-corrected chi connectivity index (χ1v) is 8.37. The van der Waals surface area contributed by atoms with Gasteiger partial charge in [0, 0.05) is 14.2 Å². The zero-order valence-electron chi connectivity index (χ0n) is 9.86. The van der Waals surface area contributed by atoms with Gasteiger partial charge in [0.05, 0.1) is 6.61 Å². The number of fused-ring (bicyclic) bond motifs is 1. The summed E-state index contributed by atoms with van der Waals surface area (Å²) in [4.78, 5) is 0. The molecule has 83 valence electrons. The van der Waals surface area contributed by atoms with Crippen molar-refractivity contribution in [1.29, 1.82) is 0 Å². The second-order valence-corrected chi connectivity index (χ2v) is 7.20. The average Bonchev–Trinajstić information content (AvgIpc) is 2.29. The monoisotopic (exact) mass is 229 g/mol. The van der Waals surface area contributed by atoms with Crippen LogP contribution in [-0.4, -0.2) is 15.4 Å². The van der Waals surface area contributed by atoms with Crippen molar-refractivity contribution in [3.8, 4) is 5.75 Å². The molecule has 0 heterocycles. The van der Waals surface area contributed by atoms with Crippen molar-refractivity contribution < 1.29 is 4.74 Å². The van der Waals surface area contributed by atoms with Gasteiger partial charge in [-0.05, 0) is 17.5 Å². The summed E-state index contributed by atoms with van der Waals surface area (Å²) < 4.78 is 5.86. The number of benzene rings is 2. The molecule has 0 aliphatic carbocycles. The van der Waals surface area contributed by atoms with E-state index in [1.807, 2.05) is 0 Å². The lowest BCUT2D eigenvalue weighted by molar-refractivity contribution is 0.343. The minimum atomic E-state index is -0.182. The van der Waals surface area contributed by atoms with Gasteiger partial charge in [-0.15, -0.1) is 0 Å². The first kappa shape index (κ1) is 11.2. The summed E-state index contributed by atoms with van der Waals surface area (Å²) >= 11 is 0. The maximum atomic E-state index is 5.86. The van der Waals surface area contributed by atoms with Crippen molar-refractivity contribution in [3.63, 3.8) is 0 Å². The van der Waals surface area contributed by atoms with Crippen LogP contribution in [0.3, 0.4) is 0 Å². The first-order chi connectivity index (χ1) is 7.77. The van der Waals surface area contributed by atoms with Crippen molar-refractivity contribution in [1.82, 2.24) is 0 Å². The van der Waals surface area contributed by atoms with Crippen LogP contribution >= 0.6 is 0 Å². The van der Waals surface area contributed by atoms with Crippen LogP contribution < -0.4 is 4.74 Å². The van der Waals surface area contributed by atoms with Gasteiger partial charge in [-0.2, -0.15) is 0 Å². The Morgan fingerprint density at radius 1 is 1.00 bits per heavy atom. The fraction of sp³-hybridized carbons (Fsp3) is 0.286. The third-order valence-corrected chi connectivity index (χ3v) is 3.81. The lowest BCUT2D eigenvalue weighted by Crippen LogP contribution is -2.07. The van der Waals surface area contributed by atoms with Crippen LogP contribution in [0.2, 0.25) is 19.1 Å². The van der Waals surface area contributed by atoms with E-state index in [1.54, 1.807) is 0 Å². The predicted molar refractivity (Wildman–Crippen MR) is 71.7 cm³/mol. The van der Waals surface area contributed by atoms with E-state index in [9.17, 15) is 0 Å². The molecule has 0 saturated heterocycles. The molecule has 0 N–H and O–H groups in total. The molecule has 2 rings (SSSR count). The van der Waals surface area contributed by atoms with Crippen molar-refractivity contribution in [3.05, 3.63) is 42.5 Å². The van der Waals surface area contributed by atoms with Crippen LogP contribution in [0.4, 0.5) is 0 Å². The summed E-state index contributed by atoms with van der Waals surface area (Å²) in [5.74, 6) is 1.02. The van der Waals surface area contributed by atoms with Gasteiger partial charge >= 0.3 is 0 Å². The normalized spacial score (nSPS) is 10.9. The van der Waals surface area contributed by atoms with Crippen molar-refractivity contribution in [2.75, 3.05) is 6.61 Å². The fourth-order valence-electron chi connectivity index (χ4n) is 1.69. The molecule has 0 atom stereocenters. The largest absolute Gasteiger partial charge is 0.493 e. The Labute approximate surface area is 98.7 Å². The third kappa shape index (κ3) is 2.64. The van der Waals surface area contributed by atoms with Crippen LogP contribution in [0.1, 0.15) is 0 Å². The SMILES string of the molecule is C[Si](C)CCOc1cccc2ccccc12. The second kappa shape index (κ2) is 5.17. The van der Waals surface area contributed by atoms with E-state index in [-0.39, 0.29) is 8.80 Å². The van der Waals surface area contributed by atoms with Gasteiger partial charge in [0.2, 0.25) is 0 Å². The minimum Gasteiger partial charge on any atom is -0.493 e. The van der Waals surface area contributed by atoms with Gasteiger partial charge < -0.3 is 4.74 Å². The molecule has 0 saturated carbocycles. The van der Waals surface area contributed by atoms with E-state index < -0.39 is 0 Å². The Morgan fingerprint density at radius 3 is 2.56 bits per heavy atom. The first-order valence-electron chi connectivity index (χ1n) is 5.67. The molecule has 0 aliphatic heterocycles. The predicted octanol–water partition coefficient (Wildman–Crippen LogP) is 3.97. The molecule has 0 aliphatic rings. The van der Waals surface area contributed by atoms with Gasteiger partial charge in [-0.1, -0.05) is 49.5 Å². The fourth-order valence-corrected chi connectivity index (χ4v) is 2.20. The molecule has 0 fully saturated rings. The van der Waals surface area contributed by atoms with Crippen LogP contribution in [0.5, 0.6) is 5.75 Å². The van der Waals surface area contributed by atoms with Crippen molar-refractivity contribution >= 4 is 19.6 Å². The maximum Gasteiger partial charge on any atom is 0.127 e. The van der Waals surface area contributed by atoms with Gasteiger partial charge in [0.25, 0.3) is 0 Å². The number of rotatable bonds is 4. The molecule has 0 bridgehead atoms. The zero-order valence-corrected chi connectivity index (χ0v) is 10.9. The third-order valence-electron chi connectivity index (χ3n) is 2.61. The quantitative estimate of drug-likeness (QED) is 0.721.